The molecule has 0 saturated carbocycles. The number of rotatable bonds is 6. The molecule has 174 valence electrons. The van der Waals surface area contributed by atoms with Gasteiger partial charge in [0.25, 0.3) is 0 Å². The van der Waals surface area contributed by atoms with Crippen LogP contribution >= 0.6 is 0 Å². The Morgan fingerprint density at radius 2 is 1.36 bits per heavy atom. The molecule has 33 heavy (non-hydrogen) atoms. The number of carbonyl (C=O) groups excluding carboxylic acids is 1. The minimum Gasteiger partial charge on any atom is -0.474 e. The van der Waals surface area contributed by atoms with Crippen LogP contribution in [0.4, 0.5) is 13.2 Å². The summed E-state index contributed by atoms with van der Waals surface area (Å²) in [4.78, 5) is 12.3. The van der Waals surface area contributed by atoms with E-state index in [4.69, 9.17) is 14.2 Å². The predicted molar refractivity (Wildman–Crippen MR) is 118 cm³/mol. The second-order valence-corrected chi connectivity index (χ2v) is 8.49. The summed E-state index contributed by atoms with van der Waals surface area (Å²) in [5.41, 5.74) is 0.750. The van der Waals surface area contributed by atoms with Gasteiger partial charge in [-0.3, -0.25) is 0 Å². The molecule has 0 aliphatic carbocycles. The second-order valence-electron chi connectivity index (χ2n) is 8.49. The molecule has 0 aliphatic heterocycles. The van der Waals surface area contributed by atoms with Crippen LogP contribution in [0.1, 0.15) is 43.6 Å². The maximum absolute atomic E-state index is 13.0. The van der Waals surface area contributed by atoms with E-state index < -0.39 is 23.8 Å². The van der Waals surface area contributed by atoms with Gasteiger partial charge < -0.3 is 14.2 Å². The highest BCUT2D eigenvalue weighted by Crippen LogP contribution is 2.33. The number of carbonyl (C=O) groups is 1. The minimum atomic E-state index is -4.52. The lowest BCUT2D eigenvalue weighted by Crippen LogP contribution is -2.20. The van der Waals surface area contributed by atoms with E-state index in [1.54, 1.807) is 24.3 Å². The third-order valence-corrected chi connectivity index (χ3v) is 4.97. The second kappa shape index (κ2) is 9.57. The van der Waals surface area contributed by atoms with Crippen LogP contribution in [0.25, 0.3) is 0 Å². The molecule has 3 aromatic rings. The third-order valence-electron chi connectivity index (χ3n) is 4.97. The lowest BCUT2D eigenvalue weighted by Gasteiger charge is -2.19. The minimum absolute atomic E-state index is 0.0305. The highest BCUT2D eigenvalue weighted by molar-refractivity contribution is 5.77. The molecular weight excluding hydrogens is 433 g/mol. The van der Waals surface area contributed by atoms with Crippen molar-refractivity contribution in [1.29, 1.82) is 0 Å². The number of halogens is 3. The van der Waals surface area contributed by atoms with Crippen LogP contribution in [0.2, 0.25) is 0 Å². The van der Waals surface area contributed by atoms with Crippen molar-refractivity contribution < 1.29 is 32.2 Å². The van der Waals surface area contributed by atoms with Crippen molar-refractivity contribution in [2.45, 2.75) is 38.5 Å². The molecular formula is C26H25F3O4. The van der Waals surface area contributed by atoms with Crippen molar-refractivity contribution in [1.82, 2.24) is 0 Å². The Morgan fingerprint density at radius 3 is 1.88 bits per heavy atom. The lowest BCUT2D eigenvalue weighted by molar-refractivity contribution is -0.149. The fourth-order valence-electron chi connectivity index (χ4n) is 3.11. The average molecular weight is 458 g/mol. The number of esters is 1. The summed E-state index contributed by atoms with van der Waals surface area (Å²) in [6.45, 7) is 6.38. The molecule has 0 fully saturated rings. The average Bonchev–Trinajstić information content (AvgIpc) is 2.77. The normalized spacial score (nSPS) is 12.7. The van der Waals surface area contributed by atoms with Gasteiger partial charge in [0.2, 0.25) is 6.10 Å². The molecule has 1 atom stereocenters. The van der Waals surface area contributed by atoms with Gasteiger partial charge in [-0.2, -0.15) is 13.2 Å². The summed E-state index contributed by atoms with van der Waals surface area (Å²) in [7, 11) is 1.18. The molecule has 0 N–H and O–H groups in total. The molecule has 0 saturated heterocycles. The molecule has 1 unspecified atom stereocenters. The number of ether oxygens (including phenoxy) is 3. The Kier molecular flexibility index (Phi) is 7.01. The Labute approximate surface area is 190 Å². The van der Waals surface area contributed by atoms with E-state index in [9.17, 15) is 18.0 Å². The summed E-state index contributed by atoms with van der Waals surface area (Å²) in [5.74, 6) is 0.351. The van der Waals surface area contributed by atoms with Gasteiger partial charge in [0, 0.05) is 5.56 Å². The van der Waals surface area contributed by atoms with Gasteiger partial charge >= 0.3 is 12.1 Å². The van der Waals surface area contributed by atoms with Crippen molar-refractivity contribution >= 4 is 5.97 Å². The molecule has 0 spiro atoms. The van der Waals surface area contributed by atoms with Gasteiger partial charge in [-0.25, -0.2) is 4.79 Å². The molecule has 4 nitrogen and oxygen atoms in total. The van der Waals surface area contributed by atoms with E-state index in [-0.39, 0.29) is 11.2 Å². The first-order chi connectivity index (χ1) is 15.5. The fraction of sp³-hybridized carbons (Fsp3) is 0.269. The summed E-state index contributed by atoms with van der Waals surface area (Å²) in [6.07, 6.45) is -5.76. The molecule has 3 rings (SSSR count). The van der Waals surface area contributed by atoms with E-state index >= 15 is 0 Å². The van der Waals surface area contributed by atoms with Crippen molar-refractivity contribution in [3.63, 3.8) is 0 Å². The van der Waals surface area contributed by atoms with Gasteiger partial charge in [0.15, 0.2) is 0 Å². The number of benzene rings is 3. The molecule has 0 radical (unpaired) electrons. The molecule has 0 amide bonds. The fourth-order valence-corrected chi connectivity index (χ4v) is 3.11. The van der Waals surface area contributed by atoms with Gasteiger partial charge in [0.05, 0.1) is 12.7 Å². The Morgan fingerprint density at radius 1 is 0.788 bits per heavy atom. The van der Waals surface area contributed by atoms with Crippen LogP contribution in [-0.2, 0) is 21.1 Å². The third kappa shape index (κ3) is 6.28. The summed E-state index contributed by atoms with van der Waals surface area (Å²) < 4.78 is 55.2. The molecule has 0 heterocycles. The summed E-state index contributed by atoms with van der Waals surface area (Å²) >= 11 is 0. The molecule has 0 aliphatic rings. The standard InChI is InChI=1S/C26H25F3O4/c1-25(2,3)18-10-14-21(15-11-18)32-20-12-8-17(9-13-20)23(24(30)31-4)33-22-7-5-6-19(16-22)26(27,28)29/h5-16,23H,1-4H3. The van der Waals surface area contributed by atoms with Crippen LogP contribution in [-0.4, -0.2) is 13.1 Å². The van der Waals surface area contributed by atoms with Crippen molar-refractivity contribution in [3.05, 3.63) is 89.5 Å². The van der Waals surface area contributed by atoms with E-state index in [1.165, 1.54) is 24.8 Å². The zero-order valence-corrected chi connectivity index (χ0v) is 18.8. The van der Waals surface area contributed by atoms with Crippen LogP contribution < -0.4 is 9.47 Å². The molecule has 0 bridgehead atoms. The first kappa shape index (κ1) is 24.2. The Hall–Kier alpha value is -3.48. The van der Waals surface area contributed by atoms with Gasteiger partial charge in [0.1, 0.15) is 17.2 Å². The zero-order valence-electron chi connectivity index (χ0n) is 18.8. The van der Waals surface area contributed by atoms with Crippen molar-refractivity contribution in [2.75, 3.05) is 7.11 Å². The van der Waals surface area contributed by atoms with E-state index in [0.29, 0.717) is 17.1 Å². The first-order valence-electron chi connectivity index (χ1n) is 10.3. The largest absolute Gasteiger partial charge is 0.474 e. The van der Waals surface area contributed by atoms with Gasteiger partial charge in [-0.15, -0.1) is 0 Å². The molecule has 3 aromatic carbocycles. The SMILES string of the molecule is COC(=O)C(Oc1cccc(C(F)(F)F)c1)c1ccc(Oc2ccc(C(C)(C)C)cc2)cc1. The van der Waals surface area contributed by atoms with E-state index in [1.807, 2.05) is 24.3 Å². The Balaban J connectivity index is 1.77. The topological polar surface area (TPSA) is 44.8 Å². The van der Waals surface area contributed by atoms with Crippen LogP contribution in [0.5, 0.6) is 17.2 Å². The van der Waals surface area contributed by atoms with E-state index in [0.717, 1.165) is 12.1 Å². The maximum Gasteiger partial charge on any atom is 0.416 e. The van der Waals surface area contributed by atoms with Crippen molar-refractivity contribution in [2.24, 2.45) is 0 Å². The lowest BCUT2D eigenvalue weighted by atomic mass is 9.87. The smallest absolute Gasteiger partial charge is 0.416 e. The Bertz CT molecular complexity index is 1080. The monoisotopic (exact) mass is 458 g/mol. The summed E-state index contributed by atoms with van der Waals surface area (Å²) in [6, 6.07) is 18.6. The highest BCUT2D eigenvalue weighted by Gasteiger charge is 2.31. The number of hydrogen-bond donors (Lipinski definition) is 0. The van der Waals surface area contributed by atoms with E-state index in [2.05, 4.69) is 20.8 Å². The van der Waals surface area contributed by atoms with Crippen LogP contribution in [0.15, 0.2) is 72.8 Å². The predicted octanol–water partition coefficient (Wildman–Crippen LogP) is 7.09. The maximum atomic E-state index is 13.0. The number of hydrogen-bond acceptors (Lipinski definition) is 4. The zero-order chi connectivity index (χ0) is 24.2. The quantitative estimate of drug-likeness (QED) is 0.370. The number of alkyl halides is 3. The molecule has 0 aromatic heterocycles. The van der Waals surface area contributed by atoms with Crippen LogP contribution in [0, 0.1) is 0 Å². The van der Waals surface area contributed by atoms with Crippen molar-refractivity contribution in [3.8, 4) is 17.2 Å². The molecule has 7 heteroatoms. The number of methoxy groups -OCH3 is 1. The summed E-state index contributed by atoms with van der Waals surface area (Å²) in [5, 5.41) is 0. The van der Waals surface area contributed by atoms with Crippen LogP contribution in [0.3, 0.4) is 0 Å². The first-order valence-corrected chi connectivity index (χ1v) is 10.3. The van der Waals surface area contributed by atoms with Gasteiger partial charge in [-0.05, 0) is 53.4 Å². The highest BCUT2D eigenvalue weighted by atomic mass is 19.4. The van der Waals surface area contributed by atoms with Gasteiger partial charge in [-0.1, -0.05) is 51.1 Å².